The van der Waals surface area contributed by atoms with E-state index in [4.69, 9.17) is 9.84 Å². The summed E-state index contributed by atoms with van der Waals surface area (Å²) in [5, 5.41) is 29.3. The monoisotopic (exact) mass is 464 g/mol. The van der Waals surface area contributed by atoms with Gasteiger partial charge in [0.25, 0.3) is 0 Å². The highest BCUT2D eigenvalue weighted by Gasteiger charge is 2.18. The molecule has 1 unspecified atom stereocenters. The average Bonchev–Trinajstić information content (AvgIpc) is 2.77. The predicted octanol–water partition coefficient (Wildman–Crippen LogP) is 3.60. The number of benzene rings is 2. The molecular weight excluding hydrogens is 432 g/mol. The Bertz CT molecular complexity index is 998. The Morgan fingerprint density at radius 1 is 1.09 bits per heavy atom. The van der Waals surface area contributed by atoms with Crippen LogP contribution in [0, 0.1) is 0 Å². The number of carbonyl (C=O) groups is 1. The van der Waals surface area contributed by atoms with Gasteiger partial charge in [-0.15, -0.1) is 0 Å². The van der Waals surface area contributed by atoms with Crippen molar-refractivity contribution in [2.45, 2.75) is 57.0 Å². The van der Waals surface area contributed by atoms with E-state index in [0.717, 1.165) is 6.42 Å². The molecule has 2 aromatic carbocycles. The smallest absolute Gasteiger partial charge is 0.178 e. The number of hydrogen-bond donors (Lipinski definition) is 3. The first-order chi connectivity index (χ1) is 15.2. The van der Waals surface area contributed by atoms with Gasteiger partial charge in [-0.3, -0.25) is 4.79 Å². The summed E-state index contributed by atoms with van der Waals surface area (Å²) in [6.07, 6.45) is 1.68. The molecule has 7 nitrogen and oxygen atoms in total. The van der Waals surface area contributed by atoms with E-state index < -0.39 is 15.9 Å². The summed E-state index contributed by atoms with van der Waals surface area (Å²) in [7, 11) is -3.52. The fourth-order valence-electron chi connectivity index (χ4n) is 3.43. The lowest BCUT2D eigenvalue weighted by Crippen LogP contribution is -2.11. The molecule has 0 fully saturated rings. The van der Waals surface area contributed by atoms with E-state index in [1.165, 1.54) is 25.1 Å². The molecule has 32 heavy (non-hydrogen) atoms. The van der Waals surface area contributed by atoms with Gasteiger partial charge >= 0.3 is 0 Å². The largest absolute Gasteiger partial charge is 0.507 e. The summed E-state index contributed by atoms with van der Waals surface area (Å²) in [6.45, 7) is 3.48. The van der Waals surface area contributed by atoms with E-state index in [1.807, 2.05) is 6.92 Å². The number of ether oxygens (including phenoxy) is 1. The summed E-state index contributed by atoms with van der Waals surface area (Å²) in [5.74, 6) is 0.0307. The average molecular weight is 465 g/mol. The van der Waals surface area contributed by atoms with Gasteiger partial charge in [-0.05, 0) is 62.4 Å². The third kappa shape index (κ3) is 6.79. The van der Waals surface area contributed by atoms with Gasteiger partial charge in [-0.1, -0.05) is 25.5 Å². The van der Waals surface area contributed by atoms with Crippen LogP contribution in [0.25, 0.3) is 0 Å². The van der Waals surface area contributed by atoms with E-state index in [2.05, 4.69) is 0 Å². The molecule has 0 spiro atoms. The molecule has 0 radical (unpaired) electrons. The second-order valence-corrected chi connectivity index (χ2v) is 9.83. The van der Waals surface area contributed by atoms with Crippen molar-refractivity contribution in [3.8, 4) is 11.5 Å². The lowest BCUT2D eigenvalue weighted by Gasteiger charge is -2.15. The van der Waals surface area contributed by atoms with Crippen molar-refractivity contribution in [2.24, 2.45) is 0 Å². The van der Waals surface area contributed by atoms with Gasteiger partial charge in [0.1, 0.15) is 11.5 Å². The van der Waals surface area contributed by atoms with Gasteiger partial charge in [0.05, 0.1) is 28.9 Å². The molecular formula is C24H32O7S. The van der Waals surface area contributed by atoms with Crippen LogP contribution >= 0.6 is 0 Å². The number of phenolic OH excluding ortho intramolecular Hbond substituents is 1. The van der Waals surface area contributed by atoms with Gasteiger partial charge in [0.2, 0.25) is 0 Å². The molecule has 176 valence electrons. The van der Waals surface area contributed by atoms with Crippen LogP contribution in [-0.4, -0.2) is 48.5 Å². The van der Waals surface area contributed by atoms with Crippen molar-refractivity contribution in [1.82, 2.24) is 0 Å². The van der Waals surface area contributed by atoms with Crippen molar-refractivity contribution in [2.75, 3.05) is 19.0 Å². The molecule has 0 aliphatic rings. The Hall–Kier alpha value is -2.42. The zero-order valence-corrected chi connectivity index (χ0v) is 19.4. The first-order valence-corrected chi connectivity index (χ1v) is 12.5. The van der Waals surface area contributed by atoms with Gasteiger partial charge < -0.3 is 20.1 Å². The second kappa shape index (κ2) is 12.0. The van der Waals surface area contributed by atoms with Crippen LogP contribution in [0.1, 0.15) is 67.1 Å². The SMILES string of the molecule is CCCc1c(OCCCS(=O)(=O)c2ccc(C(O)CCCO)cc2)ccc(C(C)=O)c1O. The zero-order chi connectivity index (χ0) is 23.7. The Balaban J connectivity index is 1.98. The molecule has 1 atom stereocenters. The van der Waals surface area contributed by atoms with Gasteiger partial charge in [0, 0.05) is 12.2 Å². The van der Waals surface area contributed by atoms with E-state index in [9.17, 15) is 23.4 Å². The highest BCUT2D eigenvalue weighted by molar-refractivity contribution is 7.91. The molecule has 0 aromatic heterocycles. The number of rotatable bonds is 13. The summed E-state index contributed by atoms with van der Waals surface area (Å²) >= 11 is 0. The third-order valence-electron chi connectivity index (χ3n) is 5.19. The maximum absolute atomic E-state index is 12.6. The summed E-state index contributed by atoms with van der Waals surface area (Å²) < 4.78 is 31.0. The van der Waals surface area contributed by atoms with Crippen LogP contribution in [0.4, 0.5) is 0 Å². The van der Waals surface area contributed by atoms with E-state index in [0.29, 0.717) is 36.1 Å². The maximum atomic E-state index is 12.6. The molecule has 0 saturated heterocycles. The molecule has 0 amide bonds. The van der Waals surface area contributed by atoms with E-state index in [-0.39, 0.29) is 47.4 Å². The molecule has 3 N–H and O–H groups in total. The number of phenols is 1. The third-order valence-corrected chi connectivity index (χ3v) is 7.01. The molecule has 0 aliphatic carbocycles. The number of ketones is 1. The van der Waals surface area contributed by atoms with Crippen molar-refractivity contribution in [1.29, 1.82) is 0 Å². The minimum Gasteiger partial charge on any atom is -0.507 e. The highest BCUT2D eigenvalue weighted by atomic mass is 32.2. The van der Waals surface area contributed by atoms with Crippen molar-refractivity contribution < 1.29 is 33.3 Å². The number of aromatic hydroxyl groups is 1. The summed E-state index contributed by atoms with van der Waals surface area (Å²) in [4.78, 5) is 11.8. The fraction of sp³-hybridized carbons (Fsp3) is 0.458. The van der Waals surface area contributed by atoms with Gasteiger partial charge in [-0.25, -0.2) is 8.42 Å². The van der Waals surface area contributed by atoms with Gasteiger partial charge in [0.15, 0.2) is 15.6 Å². The van der Waals surface area contributed by atoms with Crippen LogP contribution in [0.15, 0.2) is 41.3 Å². The van der Waals surface area contributed by atoms with Crippen LogP contribution < -0.4 is 4.74 Å². The minimum absolute atomic E-state index is 0.00792. The van der Waals surface area contributed by atoms with Crippen LogP contribution in [0.3, 0.4) is 0 Å². The van der Waals surface area contributed by atoms with Crippen LogP contribution in [0.2, 0.25) is 0 Å². The van der Waals surface area contributed by atoms with Crippen LogP contribution in [0.5, 0.6) is 11.5 Å². The van der Waals surface area contributed by atoms with Crippen LogP contribution in [-0.2, 0) is 16.3 Å². The summed E-state index contributed by atoms with van der Waals surface area (Å²) in [5.41, 5.74) is 1.41. The van der Waals surface area contributed by atoms with E-state index in [1.54, 1.807) is 18.2 Å². The fourth-order valence-corrected chi connectivity index (χ4v) is 4.71. The van der Waals surface area contributed by atoms with Crippen molar-refractivity contribution in [3.63, 3.8) is 0 Å². The zero-order valence-electron chi connectivity index (χ0n) is 18.6. The Morgan fingerprint density at radius 3 is 2.38 bits per heavy atom. The first-order valence-electron chi connectivity index (χ1n) is 10.8. The van der Waals surface area contributed by atoms with Gasteiger partial charge in [-0.2, -0.15) is 0 Å². The number of aliphatic hydroxyl groups is 2. The number of aliphatic hydroxyl groups excluding tert-OH is 2. The normalized spacial score (nSPS) is 12.5. The molecule has 0 heterocycles. The number of sulfone groups is 1. The second-order valence-electron chi connectivity index (χ2n) is 7.72. The molecule has 2 aromatic rings. The lowest BCUT2D eigenvalue weighted by atomic mass is 10.0. The quantitative estimate of drug-likeness (QED) is 0.306. The number of carbonyl (C=O) groups excluding carboxylic acids is 1. The topological polar surface area (TPSA) is 121 Å². The molecule has 0 saturated carbocycles. The Kier molecular flexibility index (Phi) is 9.68. The van der Waals surface area contributed by atoms with Crippen molar-refractivity contribution in [3.05, 3.63) is 53.1 Å². The number of Topliss-reactive ketones (excluding diaryl/α,β-unsaturated/α-hetero) is 1. The molecule has 0 bridgehead atoms. The molecule has 2 rings (SSSR count). The minimum atomic E-state index is -3.52. The Labute approximate surface area is 189 Å². The molecule has 8 heteroatoms. The highest BCUT2D eigenvalue weighted by Crippen LogP contribution is 2.33. The van der Waals surface area contributed by atoms with E-state index >= 15 is 0 Å². The Morgan fingerprint density at radius 2 is 1.78 bits per heavy atom. The molecule has 0 aliphatic heterocycles. The lowest BCUT2D eigenvalue weighted by molar-refractivity contribution is 0.101. The summed E-state index contributed by atoms with van der Waals surface area (Å²) in [6, 6.07) is 9.27. The standard InChI is InChI=1S/C24H32O7S/c1-3-6-21-23(13-12-20(17(2)26)24(21)28)31-15-5-16-32(29,30)19-10-8-18(9-11-19)22(27)7-4-14-25/h8-13,22,25,27-28H,3-7,14-16H2,1-2H3. The van der Waals surface area contributed by atoms with Crippen molar-refractivity contribution >= 4 is 15.6 Å². The predicted molar refractivity (Wildman–Crippen MR) is 122 cm³/mol. The first kappa shape index (κ1) is 25.8. The maximum Gasteiger partial charge on any atom is 0.178 e. The number of hydrogen-bond acceptors (Lipinski definition) is 7.